The Kier molecular flexibility index (Phi) is 6.88. The summed E-state index contributed by atoms with van der Waals surface area (Å²) in [5.41, 5.74) is 3.07. The monoisotopic (exact) mass is 480 g/mol. The second-order valence-corrected chi connectivity index (χ2v) is 9.53. The van der Waals surface area contributed by atoms with Crippen LogP contribution in [0.5, 0.6) is 0 Å². The smallest absolute Gasteiger partial charge is 0.326 e. The second kappa shape index (κ2) is 9.85. The Labute approximate surface area is 201 Å². The Morgan fingerprint density at radius 2 is 1.82 bits per heavy atom. The Hall–Kier alpha value is -3.39. The van der Waals surface area contributed by atoms with Crippen molar-refractivity contribution in [3.8, 4) is 0 Å². The van der Waals surface area contributed by atoms with E-state index in [1.165, 1.54) is 6.07 Å². The van der Waals surface area contributed by atoms with Crippen molar-refractivity contribution < 1.29 is 23.5 Å². The number of hydrogen-bond donors (Lipinski definition) is 0. The SMILES string of the molecule is Cc1c(/C=C2\SC(=O)N(CC(=O)OCC(C)C)C2=O)c2ccccc2n1Cc1ccccc1F. The fourth-order valence-corrected chi connectivity index (χ4v) is 4.66. The lowest BCUT2D eigenvalue weighted by molar-refractivity contribution is -0.147. The van der Waals surface area contributed by atoms with Gasteiger partial charge in [-0.15, -0.1) is 0 Å². The maximum absolute atomic E-state index is 14.3. The molecule has 176 valence electrons. The number of nitrogens with zero attached hydrogens (tertiary/aromatic N) is 2. The number of para-hydroxylation sites is 1. The Bertz CT molecular complexity index is 1310. The summed E-state index contributed by atoms with van der Waals surface area (Å²) in [6.07, 6.45) is 1.68. The van der Waals surface area contributed by atoms with E-state index >= 15 is 0 Å². The molecule has 0 bridgehead atoms. The zero-order chi connectivity index (χ0) is 24.4. The molecule has 34 heavy (non-hydrogen) atoms. The molecule has 0 aliphatic carbocycles. The number of aromatic nitrogens is 1. The van der Waals surface area contributed by atoms with Crippen molar-refractivity contribution in [2.45, 2.75) is 27.3 Å². The normalized spacial score (nSPS) is 15.2. The number of thioether (sulfide) groups is 1. The van der Waals surface area contributed by atoms with Gasteiger partial charge in [0.1, 0.15) is 12.4 Å². The van der Waals surface area contributed by atoms with Gasteiger partial charge in [-0.2, -0.15) is 0 Å². The number of carbonyl (C=O) groups is 3. The first-order valence-corrected chi connectivity index (χ1v) is 11.8. The molecule has 2 heterocycles. The van der Waals surface area contributed by atoms with Crippen LogP contribution in [0.15, 0.2) is 53.4 Å². The molecule has 1 aliphatic heterocycles. The zero-order valence-electron chi connectivity index (χ0n) is 19.2. The Morgan fingerprint density at radius 1 is 1.12 bits per heavy atom. The number of halogens is 1. The van der Waals surface area contributed by atoms with Gasteiger partial charge in [-0.25, -0.2) is 4.39 Å². The molecule has 1 aromatic heterocycles. The molecular weight excluding hydrogens is 455 g/mol. The molecule has 0 unspecified atom stereocenters. The van der Waals surface area contributed by atoms with E-state index in [1.54, 1.807) is 24.3 Å². The number of carbonyl (C=O) groups excluding carboxylic acids is 3. The largest absolute Gasteiger partial charge is 0.464 e. The van der Waals surface area contributed by atoms with Gasteiger partial charge in [-0.1, -0.05) is 50.2 Å². The molecule has 4 rings (SSSR count). The molecule has 0 saturated carbocycles. The number of imide groups is 1. The summed E-state index contributed by atoms with van der Waals surface area (Å²) in [5.74, 6) is -1.27. The number of hydrogen-bond acceptors (Lipinski definition) is 5. The zero-order valence-corrected chi connectivity index (χ0v) is 20.0. The minimum atomic E-state index is -0.616. The van der Waals surface area contributed by atoms with Gasteiger partial charge in [0.15, 0.2) is 0 Å². The van der Waals surface area contributed by atoms with Crippen molar-refractivity contribution in [1.82, 2.24) is 9.47 Å². The lowest BCUT2D eigenvalue weighted by Crippen LogP contribution is -2.34. The molecule has 2 amide bonds. The molecule has 8 heteroatoms. The van der Waals surface area contributed by atoms with Gasteiger partial charge in [-0.3, -0.25) is 19.3 Å². The quantitative estimate of drug-likeness (QED) is 0.336. The lowest BCUT2D eigenvalue weighted by atomic mass is 10.1. The first-order chi connectivity index (χ1) is 16.3. The summed E-state index contributed by atoms with van der Waals surface area (Å²) in [7, 11) is 0. The summed E-state index contributed by atoms with van der Waals surface area (Å²) in [6.45, 7) is 5.85. The van der Waals surface area contributed by atoms with E-state index in [0.717, 1.165) is 38.8 Å². The third-order valence-electron chi connectivity index (χ3n) is 5.58. The van der Waals surface area contributed by atoms with E-state index in [9.17, 15) is 18.8 Å². The van der Waals surface area contributed by atoms with E-state index in [-0.39, 0.29) is 23.2 Å². The second-order valence-electron chi connectivity index (χ2n) is 8.54. The van der Waals surface area contributed by atoms with Crippen LogP contribution in [0.3, 0.4) is 0 Å². The lowest BCUT2D eigenvalue weighted by Gasteiger charge is -2.12. The maximum atomic E-state index is 14.3. The summed E-state index contributed by atoms with van der Waals surface area (Å²) < 4.78 is 21.4. The van der Waals surface area contributed by atoms with Crippen LogP contribution in [-0.4, -0.2) is 39.7 Å². The fraction of sp³-hybridized carbons (Fsp3) is 0.269. The predicted octanol–water partition coefficient (Wildman–Crippen LogP) is 5.37. The highest BCUT2D eigenvalue weighted by atomic mass is 32.2. The highest BCUT2D eigenvalue weighted by Gasteiger charge is 2.37. The molecule has 6 nitrogen and oxygen atoms in total. The minimum absolute atomic E-state index is 0.156. The number of fused-ring (bicyclic) bond motifs is 1. The van der Waals surface area contributed by atoms with Crippen LogP contribution < -0.4 is 0 Å². The van der Waals surface area contributed by atoms with Crippen molar-refractivity contribution in [1.29, 1.82) is 0 Å². The Morgan fingerprint density at radius 3 is 2.56 bits per heavy atom. The van der Waals surface area contributed by atoms with Crippen LogP contribution in [0.4, 0.5) is 9.18 Å². The van der Waals surface area contributed by atoms with Crippen LogP contribution in [0.25, 0.3) is 17.0 Å². The topological polar surface area (TPSA) is 68.6 Å². The highest BCUT2D eigenvalue weighted by Crippen LogP contribution is 2.36. The van der Waals surface area contributed by atoms with Gasteiger partial charge in [0, 0.05) is 27.7 Å². The summed E-state index contributed by atoms with van der Waals surface area (Å²) in [6, 6.07) is 14.3. The number of amides is 2. The van der Waals surface area contributed by atoms with Crippen molar-refractivity contribution in [3.05, 3.63) is 76.1 Å². The van der Waals surface area contributed by atoms with Crippen molar-refractivity contribution in [2.75, 3.05) is 13.2 Å². The van der Waals surface area contributed by atoms with Gasteiger partial charge < -0.3 is 9.30 Å². The average molecular weight is 481 g/mol. The number of benzene rings is 2. The standard InChI is InChI=1S/C26H25FN2O4S/c1-16(2)15-33-24(30)14-29-25(31)23(34-26(29)32)12-20-17(3)28(22-11-7-5-9-19(20)22)13-18-8-4-6-10-21(18)27/h4-12,16H,13-15H2,1-3H3/b23-12-. The summed E-state index contributed by atoms with van der Waals surface area (Å²) in [4.78, 5) is 38.6. The van der Waals surface area contributed by atoms with Crippen LogP contribution in [0.2, 0.25) is 0 Å². The highest BCUT2D eigenvalue weighted by molar-refractivity contribution is 8.18. The van der Waals surface area contributed by atoms with E-state index in [1.807, 2.05) is 49.6 Å². The summed E-state index contributed by atoms with van der Waals surface area (Å²) in [5, 5.41) is 0.380. The van der Waals surface area contributed by atoms with Gasteiger partial charge >= 0.3 is 5.97 Å². The fourth-order valence-electron chi connectivity index (χ4n) is 3.84. The van der Waals surface area contributed by atoms with Gasteiger partial charge in [0.25, 0.3) is 11.1 Å². The van der Waals surface area contributed by atoms with Crippen molar-refractivity contribution in [2.24, 2.45) is 5.92 Å². The van der Waals surface area contributed by atoms with Gasteiger partial charge in [0.05, 0.1) is 18.1 Å². The molecule has 0 N–H and O–H groups in total. The van der Waals surface area contributed by atoms with E-state index in [4.69, 9.17) is 4.74 Å². The molecule has 0 atom stereocenters. The number of rotatable bonds is 7. The Balaban J connectivity index is 1.65. The van der Waals surface area contributed by atoms with Crippen LogP contribution in [-0.2, 0) is 20.9 Å². The molecule has 1 saturated heterocycles. The predicted molar refractivity (Wildman–Crippen MR) is 131 cm³/mol. The van der Waals surface area contributed by atoms with Gasteiger partial charge in [-0.05, 0) is 42.8 Å². The summed E-state index contributed by atoms with van der Waals surface area (Å²) >= 11 is 0.797. The van der Waals surface area contributed by atoms with Gasteiger partial charge in [0.2, 0.25) is 0 Å². The molecule has 3 aromatic rings. The number of ether oxygens (including phenoxy) is 1. The van der Waals surface area contributed by atoms with Crippen molar-refractivity contribution in [3.63, 3.8) is 0 Å². The third-order valence-corrected chi connectivity index (χ3v) is 6.49. The number of esters is 1. The average Bonchev–Trinajstić information content (AvgIpc) is 3.22. The maximum Gasteiger partial charge on any atom is 0.326 e. The molecule has 0 spiro atoms. The van der Waals surface area contributed by atoms with Crippen LogP contribution in [0, 0.1) is 18.7 Å². The van der Waals surface area contributed by atoms with Crippen LogP contribution in [0.1, 0.15) is 30.7 Å². The van der Waals surface area contributed by atoms with E-state index < -0.39 is 23.7 Å². The molecule has 2 aromatic carbocycles. The molecular formula is C26H25FN2O4S. The first kappa shape index (κ1) is 23.8. The first-order valence-electron chi connectivity index (χ1n) is 11.0. The minimum Gasteiger partial charge on any atom is -0.464 e. The molecule has 1 fully saturated rings. The molecule has 0 radical (unpaired) electrons. The molecule has 1 aliphatic rings. The third kappa shape index (κ3) is 4.77. The van der Waals surface area contributed by atoms with E-state index in [0.29, 0.717) is 12.1 Å². The van der Waals surface area contributed by atoms with Crippen molar-refractivity contribution >= 4 is 45.9 Å². The van der Waals surface area contributed by atoms with E-state index in [2.05, 4.69) is 0 Å². The van der Waals surface area contributed by atoms with Crippen LogP contribution >= 0.6 is 11.8 Å².